The number of hydrogen-bond donors (Lipinski definition) is 1. The van der Waals surface area contributed by atoms with Gasteiger partial charge in [-0.2, -0.15) is 5.10 Å². The molecule has 1 amide bonds. The highest BCUT2D eigenvalue weighted by atomic mass is 16.6. The van der Waals surface area contributed by atoms with Crippen LogP contribution in [0.3, 0.4) is 0 Å². The first-order valence-corrected chi connectivity index (χ1v) is 8.08. The standard InChI is InChI=1S/C16H23N3O3/c1-12-10-18-19(11-12)8-4-7-17-15(21)13-9-14(20)22-16(13)5-2-3-6-16/h10-11,13H,2-9H2,1H3,(H,17,21). The van der Waals surface area contributed by atoms with E-state index in [4.69, 9.17) is 4.74 Å². The lowest BCUT2D eigenvalue weighted by Crippen LogP contribution is -2.43. The Morgan fingerprint density at radius 2 is 2.27 bits per heavy atom. The summed E-state index contributed by atoms with van der Waals surface area (Å²) in [4.78, 5) is 24.0. The third-order valence-corrected chi connectivity index (χ3v) is 4.71. The molecular formula is C16H23N3O3. The Morgan fingerprint density at radius 1 is 1.50 bits per heavy atom. The van der Waals surface area contributed by atoms with Gasteiger partial charge in [-0.3, -0.25) is 14.3 Å². The Bertz CT molecular complexity index is 561. The van der Waals surface area contributed by atoms with E-state index in [0.717, 1.165) is 44.2 Å². The van der Waals surface area contributed by atoms with Crippen LogP contribution in [0.4, 0.5) is 0 Å². The highest BCUT2D eigenvalue weighted by Gasteiger charge is 2.53. The lowest BCUT2D eigenvalue weighted by atomic mass is 9.85. The van der Waals surface area contributed by atoms with Crippen molar-refractivity contribution < 1.29 is 14.3 Å². The molecule has 1 aromatic rings. The summed E-state index contributed by atoms with van der Waals surface area (Å²) in [5.74, 6) is -0.576. The number of carbonyl (C=O) groups is 2. The van der Waals surface area contributed by atoms with Gasteiger partial charge in [-0.25, -0.2) is 0 Å². The summed E-state index contributed by atoms with van der Waals surface area (Å²) in [6.07, 6.45) is 8.58. The van der Waals surface area contributed by atoms with Crippen molar-refractivity contribution in [3.05, 3.63) is 18.0 Å². The van der Waals surface area contributed by atoms with Crippen LogP contribution >= 0.6 is 0 Å². The minimum Gasteiger partial charge on any atom is -0.458 e. The van der Waals surface area contributed by atoms with Crippen molar-refractivity contribution in [2.45, 2.75) is 57.6 Å². The van der Waals surface area contributed by atoms with Crippen molar-refractivity contribution in [2.75, 3.05) is 6.54 Å². The number of esters is 1. The Morgan fingerprint density at radius 3 is 2.95 bits per heavy atom. The zero-order chi connectivity index (χ0) is 15.6. The number of nitrogens with zero attached hydrogens (tertiary/aromatic N) is 2. The molecule has 6 heteroatoms. The molecule has 6 nitrogen and oxygen atoms in total. The van der Waals surface area contributed by atoms with E-state index in [1.165, 1.54) is 0 Å². The van der Waals surface area contributed by atoms with Crippen LogP contribution in [0.15, 0.2) is 12.4 Å². The first-order chi connectivity index (χ1) is 10.6. The smallest absolute Gasteiger partial charge is 0.307 e. The molecule has 1 spiro atoms. The van der Waals surface area contributed by atoms with Crippen LogP contribution in [0.2, 0.25) is 0 Å². The fraction of sp³-hybridized carbons (Fsp3) is 0.688. The number of aromatic nitrogens is 2. The van der Waals surface area contributed by atoms with Crippen molar-refractivity contribution in [1.82, 2.24) is 15.1 Å². The van der Waals surface area contributed by atoms with Crippen LogP contribution in [0.25, 0.3) is 0 Å². The third-order valence-electron chi connectivity index (χ3n) is 4.71. The average molecular weight is 305 g/mol. The molecule has 120 valence electrons. The van der Waals surface area contributed by atoms with Crippen molar-refractivity contribution >= 4 is 11.9 Å². The van der Waals surface area contributed by atoms with Gasteiger partial charge in [0.15, 0.2) is 0 Å². The fourth-order valence-corrected chi connectivity index (χ4v) is 3.61. The second-order valence-corrected chi connectivity index (χ2v) is 6.43. The topological polar surface area (TPSA) is 73.2 Å². The molecule has 0 bridgehead atoms. The fourth-order valence-electron chi connectivity index (χ4n) is 3.61. The molecule has 2 fully saturated rings. The van der Waals surface area contributed by atoms with Crippen LogP contribution in [-0.2, 0) is 20.9 Å². The van der Waals surface area contributed by atoms with Gasteiger partial charge in [0.1, 0.15) is 5.60 Å². The minimum atomic E-state index is -0.514. The van der Waals surface area contributed by atoms with E-state index in [1.807, 2.05) is 24.0 Å². The summed E-state index contributed by atoms with van der Waals surface area (Å²) in [5, 5.41) is 7.18. The molecule has 2 heterocycles. The SMILES string of the molecule is Cc1cnn(CCCNC(=O)C2CC(=O)OC23CCCC3)c1. The molecule has 0 radical (unpaired) electrons. The molecule has 1 aliphatic heterocycles. The van der Waals surface area contributed by atoms with Crippen molar-refractivity contribution in [3.63, 3.8) is 0 Å². The highest BCUT2D eigenvalue weighted by molar-refractivity contribution is 5.87. The molecule has 1 aromatic heterocycles. The molecular weight excluding hydrogens is 282 g/mol. The van der Waals surface area contributed by atoms with Gasteiger partial charge in [0.2, 0.25) is 5.91 Å². The van der Waals surface area contributed by atoms with Crippen LogP contribution < -0.4 is 5.32 Å². The Hall–Kier alpha value is -1.85. The van der Waals surface area contributed by atoms with Gasteiger partial charge in [0.25, 0.3) is 0 Å². The highest BCUT2D eigenvalue weighted by Crippen LogP contribution is 2.45. The van der Waals surface area contributed by atoms with E-state index in [1.54, 1.807) is 0 Å². The molecule has 1 N–H and O–H groups in total. The molecule has 1 aliphatic carbocycles. The lowest BCUT2D eigenvalue weighted by Gasteiger charge is -2.27. The number of amides is 1. The van der Waals surface area contributed by atoms with Crippen molar-refractivity contribution in [1.29, 1.82) is 0 Å². The maximum absolute atomic E-state index is 12.4. The number of aryl methyl sites for hydroxylation is 2. The quantitative estimate of drug-likeness (QED) is 0.662. The van der Waals surface area contributed by atoms with Gasteiger partial charge in [-0.1, -0.05) is 0 Å². The molecule has 1 unspecified atom stereocenters. The van der Waals surface area contributed by atoms with Gasteiger partial charge >= 0.3 is 5.97 Å². The van der Waals surface area contributed by atoms with Crippen LogP contribution in [0, 0.1) is 12.8 Å². The zero-order valence-corrected chi connectivity index (χ0v) is 13.0. The largest absolute Gasteiger partial charge is 0.458 e. The van der Waals surface area contributed by atoms with E-state index >= 15 is 0 Å². The van der Waals surface area contributed by atoms with Crippen molar-refractivity contribution in [3.8, 4) is 0 Å². The first-order valence-electron chi connectivity index (χ1n) is 8.08. The van der Waals surface area contributed by atoms with E-state index in [-0.39, 0.29) is 24.2 Å². The van der Waals surface area contributed by atoms with Crippen LogP contribution in [0.1, 0.15) is 44.1 Å². The average Bonchev–Trinajstić information content (AvgIpc) is 3.18. The molecule has 3 rings (SSSR count). The van der Waals surface area contributed by atoms with Gasteiger partial charge in [0.05, 0.1) is 18.5 Å². The summed E-state index contributed by atoms with van der Waals surface area (Å²) in [6, 6.07) is 0. The molecule has 1 saturated carbocycles. The van der Waals surface area contributed by atoms with E-state index in [0.29, 0.717) is 6.54 Å². The van der Waals surface area contributed by atoms with Gasteiger partial charge in [-0.05, 0) is 44.6 Å². The summed E-state index contributed by atoms with van der Waals surface area (Å²) in [6.45, 7) is 3.38. The first kappa shape index (κ1) is 15.1. The lowest BCUT2D eigenvalue weighted by molar-refractivity contribution is -0.149. The van der Waals surface area contributed by atoms with Crippen LogP contribution in [-0.4, -0.2) is 33.8 Å². The van der Waals surface area contributed by atoms with Gasteiger partial charge in [-0.15, -0.1) is 0 Å². The maximum Gasteiger partial charge on any atom is 0.307 e. The van der Waals surface area contributed by atoms with E-state index in [9.17, 15) is 9.59 Å². The van der Waals surface area contributed by atoms with Crippen LogP contribution in [0.5, 0.6) is 0 Å². The van der Waals surface area contributed by atoms with Gasteiger partial charge < -0.3 is 10.1 Å². The summed E-state index contributed by atoms with van der Waals surface area (Å²) < 4.78 is 7.39. The number of nitrogens with one attached hydrogen (secondary N) is 1. The number of ether oxygens (including phenoxy) is 1. The Balaban J connectivity index is 1.48. The second-order valence-electron chi connectivity index (χ2n) is 6.43. The second kappa shape index (κ2) is 6.10. The number of rotatable bonds is 5. The minimum absolute atomic E-state index is 0.0376. The number of hydrogen-bond acceptors (Lipinski definition) is 4. The Kier molecular flexibility index (Phi) is 4.18. The third kappa shape index (κ3) is 3.00. The predicted octanol–water partition coefficient (Wildman–Crippen LogP) is 1.57. The molecule has 22 heavy (non-hydrogen) atoms. The Labute approximate surface area is 130 Å². The molecule has 1 atom stereocenters. The predicted molar refractivity (Wildman–Crippen MR) is 80.0 cm³/mol. The molecule has 2 aliphatic rings. The number of carbonyl (C=O) groups excluding carboxylic acids is 2. The summed E-state index contributed by atoms with van der Waals surface area (Å²) in [7, 11) is 0. The summed E-state index contributed by atoms with van der Waals surface area (Å²) >= 11 is 0. The monoisotopic (exact) mass is 305 g/mol. The van der Waals surface area contributed by atoms with Crippen molar-refractivity contribution in [2.24, 2.45) is 5.92 Å². The zero-order valence-electron chi connectivity index (χ0n) is 13.0. The maximum atomic E-state index is 12.4. The van der Waals surface area contributed by atoms with E-state index < -0.39 is 5.60 Å². The summed E-state index contributed by atoms with van der Waals surface area (Å²) in [5.41, 5.74) is 0.620. The van der Waals surface area contributed by atoms with Gasteiger partial charge in [0, 0.05) is 19.3 Å². The van der Waals surface area contributed by atoms with E-state index in [2.05, 4.69) is 10.4 Å². The molecule has 0 aromatic carbocycles. The normalized spacial score (nSPS) is 23.0. The molecule has 1 saturated heterocycles.